The second-order valence-electron chi connectivity index (χ2n) is 10.3. The second kappa shape index (κ2) is 10.1. The van der Waals surface area contributed by atoms with E-state index < -0.39 is 0 Å². The van der Waals surface area contributed by atoms with Gasteiger partial charge in [0.15, 0.2) is 0 Å². The van der Waals surface area contributed by atoms with Crippen molar-refractivity contribution in [3.8, 4) is 0 Å². The van der Waals surface area contributed by atoms with Crippen LogP contribution >= 0.6 is 0 Å². The molecule has 5 rings (SSSR count). The number of nitrogens with one attached hydrogen (secondary N) is 1. The van der Waals surface area contributed by atoms with Gasteiger partial charge in [-0.1, -0.05) is 24.3 Å². The molecule has 2 saturated heterocycles. The number of hydrogen-bond donors (Lipinski definition) is 1. The lowest BCUT2D eigenvalue weighted by Crippen LogP contribution is -2.45. The van der Waals surface area contributed by atoms with Crippen LogP contribution < -0.4 is 5.32 Å². The van der Waals surface area contributed by atoms with Gasteiger partial charge in [0, 0.05) is 38.7 Å². The van der Waals surface area contributed by atoms with Gasteiger partial charge in [-0.15, -0.1) is 0 Å². The minimum Gasteiger partial charge on any atom is -0.465 e. The van der Waals surface area contributed by atoms with Gasteiger partial charge in [0.05, 0.1) is 12.8 Å². The quantitative estimate of drug-likeness (QED) is 0.651. The van der Waals surface area contributed by atoms with Crippen LogP contribution in [-0.2, 0) is 27.2 Å². The summed E-state index contributed by atoms with van der Waals surface area (Å²) in [6, 6.07) is 12.0. The summed E-state index contributed by atoms with van der Waals surface area (Å²) < 4.78 is 5.16. The molecule has 3 aliphatic rings. The van der Waals surface area contributed by atoms with E-state index in [1.165, 1.54) is 17.2 Å². The summed E-state index contributed by atoms with van der Waals surface area (Å²) in [4.78, 5) is 41.5. The van der Waals surface area contributed by atoms with E-state index in [1.54, 1.807) is 24.5 Å². The average Bonchev–Trinajstić information content (AvgIpc) is 3.61. The maximum atomic E-state index is 13.0. The number of amides is 3. The number of furan rings is 1. The van der Waals surface area contributed by atoms with Crippen molar-refractivity contribution in [1.29, 1.82) is 0 Å². The third-order valence-corrected chi connectivity index (χ3v) is 7.92. The van der Waals surface area contributed by atoms with E-state index in [0.29, 0.717) is 31.2 Å². The average molecular weight is 476 g/mol. The van der Waals surface area contributed by atoms with Crippen molar-refractivity contribution in [1.82, 2.24) is 15.1 Å². The topological polar surface area (TPSA) is 82.9 Å². The predicted molar refractivity (Wildman–Crippen MR) is 132 cm³/mol. The van der Waals surface area contributed by atoms with E-state index in [0.717, 1.165) is 45.2 Å². The molecule has 1 spiro atoms. The van der Waals surface area contributed by atoms with E-state index >= 15 is 0 Å². The number of carbonyl (C=O) groups is 3. The number of benzene rings is 1. The summed E-state index contributed by atoms with van der Waals surface area (Å²) in [6.07, 6.45) is 9.96. The van der Waals surface area contributed by atoms with Crippen LogP contribution in [0.15, 0.2) is 53.2 Å². The lowest BCUT2D eigenvalue weighted by Gasteiger charge is -2.39. The third-order valence-electron chi connectivity index (χ3n) is 7.92. The zero-order valence-electron chi connectivity index (χ0n) is 20.1. The van der Waals surface area contributed by atoms with E-state index in [2.05, 4.69) is 29.6 Å². The van der Waals surface area contributed by atoms with Crippen molar-refractivity contribution in [2.45, 2.75) is 38.5 Å². The van der Waals surface area contributed by atoms with Gasteiger partial charge in [-0.05, 0) is 72.8 Å². The summed E-state index contributed by atoms with van der Waals surface area (Å²) in [7, 11) is 0. The minimum atomic E-state index is -0.319. The van der Waals surface area contributed by atoms with E-state index in [4.69, 9.17) is 4.42 Å². The first-order chi connectivity index (χ1) is 17.0. The first-order valence-corrected chi connectivity index (χ1v) is 12.6. The van der Waals surface area contributed by atoms with Crippen molar-refractivity contribution in [3.05, 3.63) is 65.6 Å². The molecule has 2 fully saturated rings. The monoisotopic (exact) mass is 475 g/mol. The van der Waals surface area contributed by atoms with Crippen molar-refractivity contribution in [2.24, 2.45) is 11.3 Å². The predicted octanol–water partition coefficient (Wildman–Crippen LogP) is 3.06. The van der Waals surface area contributed by atoms with Crippen LogP contribution in [0.3, 0.4) is 0 Å². The molecule has 7 nitrogen and oxygen atoms in total. The number of hydrogen-bond acceptors (Lipinski definition) is 4. The fraction of sp³-hybridized carbons (Fsp3) is 0.464. The van der Waals surface area contributed by atoms with Gasteiger partial charge in [-0.2, -0.15) is 0 Å². The maximum Gasteiger partial charge on any atom is 0.244 e. The Kier molecular flexibility index (Phi) is 6.75. The molecule has 3 amide bonds. The normalized spacial score (nSPS) is 19.4. The molecule has 1 aliphatic carbocycles. The minimum absolute atomic E-state index is 0.00814. The number of fused-ring (bicyclic) bond motifs is 1. The molecule has 35 heavy (non-hydrogen) atoms. The van der Waals surface area contributed by atoms with Crippen molar-refractivity contribution < 1.29 is 18.8 Å². The SMILES string of the molecule is O=C(C=Cc1ccco1)NCC(=O)N1CCC2(CCN(C(=O)CC3Cc4ccccc4C3)CC2)C1. The molecule has 1 aromatic carbocycles. The van der Waals surface area contributed by atoms with Crippen molar-refractivity contribution in [3.63, 3.8) is 0 Å². The maximum absolute atomic E-state index is 13.0. The lowest BCUT2D eigenvalue weighted by atomic mass is 9.77. The highest BCUT2D eigenvalue weighted by Crippen LogP contribution is 2.40. The molecule has 0 saturated carbocycles. The number of nitrogens with zero attached hydrogens (tertiary/aromatic N) is 2. The Labute approximate surface area is 206 Å². The largest absolute Gasteiger partial charge is 0.465 e. The van der Waals surface area contributed by atoms with Gasteiger partial charge >= 0.3 is 0 Å². The molecule has 2 aliphatic heterocycles. The second-order valence-corrected chi connectivity index (χ2v) is 10.3. The van der Waals surface area contributed by atoms with Crippen LogP contribution in [0.2, 0.25) is 0 Å². The Morgan fingerprint density at radius 3 is 2.29 bits per heavy atom. The van der Waals surface area contributed by atoms with Crippen LogP contribution in [0, 0.1) is 11.3 Å². The van der Waals surface area contributed by atoms with Crippen LogP contribution in [0.25, 0.3) is 6.08 Å². The molecule has 1 N–H and O–H groups in total. The van der Waals surface area contributed by atoms with Gasteiger partial charge in [0.1, 0.15) is 5.76 Å². The fourth-order valence-corrected chi connectivity index (χ4v) is 5.83. The molecule has 2 aromatic rings. The fourth-order valence-electron chi connectivity index (χ4n) is 5.83. The highest BCUT2D eigenvalue weighted by atomic mass is 16.3. The highest BCUT2D eigenvalue weighted by molar-refractivity contribution is 5.94. The molecular formula is C28H33N3O4. The van der Waals surface area contributed by atoms with Gasteiger partial charge in [0.2, 0.25) is 17.7 Å². The Hall–Kier alpha value is -3.35. The Bertz CT molecular complexity index is 1070. The molecule has 0 atom stereocenters. The summed E-state index contributed by atoms with van der Waals surface area (Å²) in [5.41, 5.74) is 2.88. The summed E-state index contributed by atoms with van der Waals surface area (Å²) >= 11 is 0. The highest BCUT2D eigenvalue weighted by Gasteiger charge is 2.42. The Morgan fingerprint density at radius 1 is 0.943 bits per heavy atom. The number of likely N-dealkylation sites (tertiary alicyclic amines) is 2. The van der Waals surface area contributed by atoms with Gasteiger partial charge in [-0.3, -0.25) is 14.4 Å². The zero-order valence-corrected chi connectivity index (χ0v) is 20.1. The van der Waals surface area contributed by atoms with Crippen LogP contribution in [0.5, 0.6) is 0 Å². The molecular weight excluding hydrogens is 442 g/mol. The standard InChI is InChI=1S/C28H33N3O4/c32-25(8-7-24-6-3-15-35-24)29-19-27(34)31-14-11-28(20-31)9-12-30(13-10-28)26(33)18-21-16-22-4-1-2-5-23(22)17-21/h1-8,15,21H,9-14,16-20H2,(H,29,32). The number of piperidine rings is 1. The van der Waals surface area contributed by atoms with Crippen molar-refractivity contribution in [2.75, 3.05) is 32.7 Å². The molecule has 0 radical (unpaired) electrons. The zero-order chi connectivity index (χ0) is 24.3. The van der Waals surface area contributed by atoms with E-state index in [-0.39, 0.29) is 29.7 Å². The molecule has 7 heteroatoms. The van der Waals surface area contributed by atoms with Gasteiger partial charge < -0.3 is 19.5 Å². The molecule has 0 bridgehead atoms. The molecule has 0 unspecified atom stereocenters. The Morgan fingerprint density at radius 2 is 1.63 bits per heavy atom. The van der Waals surface area contributed by atoms with Crippen molar-refractivity contribution >= 4 is 23.8 Å². The van der Waals surface area contributed by atoms with E-state index in [1.807, 2.05) is 9.80 Å². The lowest BCUT2D eigenvalue weighted by molar-refractivity contribution is -0.135. The number of carbonyl (C=O) groups excluding carboxylic acids is 3. The number of rotatable bonds is 6. The first kappa shape index (κ1) is 23.4. The molecule has 184 valence electrons. The summed E-state index contributed by atoms with van der Waals surface area (Å²) in [5.74, 6) is 0.904. The van der Waals surface area contributed by atoms with E-state index in [9.17, 15) is 14.4 Å². The van der Waals surface area contributed by atoms with Crippen LogP contribution in [0.1, 0.15) is 42.6 Å². The first-order valence-electron chi connectivity index (χ1n) is 12.6. The summed E-state index contributed by atoms with van der Waals surface area (Å²) in [5, 5.41) is 2.66. The third kappa shape index (κ3) is 5.50. The molecule has 1 aromatic heterocycles. The van der Waals surface area contributed by atoms with Gasteiger partial charge in [0.25, 0.3) is 0 Å². The molecule has 3 heterocycles. The Balaban J connectivity index is 1.04. The van der Waals surface area contributed by atoms with Crippen LogP contribution in [-0.4, -0.2) is 60.2 Å². The van der Waals surface area contributed by atoms with Gasteiger partial charge in [-0.25, -0.2) is 0 Å². The smallest absolute Gasteiger partial charge is 0.244 e. The summed E-state index contributed by atoms with van der Waals surface area (Å²) in [6.45, 7) is 2.96. The van der Waals surface area contributed by atoms with Crippen LogP contribution in [0.4, 0.5) is 0 Å².